The van der Waals surface area contributed by atoms with Crippen LogP contribution in [-0.2, 0) is 12.4 Å². The van der Waals surface area contributed by atoms with E-state index in [9.17, 15) is 0 Å². The third-order valence-electron chi connectivity index (χ3n) is 2.98. The summed E-state index contributed by atoms with van der Waals surface area (Å²) >= 11 is 17.9. The number of alkyl halides is 1. The molecule has 3 aromatic rings. The molecule has 0 bridgehead atoms. The predicted octanol–water partition coefficient (Wildman–Crippen LogP) is 4.53. The molecule has 0 aliphatic rings. The van der Waals surface area contributed by atoms with Crippen molar-refractivity contribution in [2.75, 3.05) is 0 Å². The number of hydrogen-bond donors (Lipinski definition) is 0. The highest BCUT2D eigenvalue weighted by atomic mass is 35.5. The van der Waals surface area contributed by atoms with Gasteiger partial charge >= 0.3 is 0 Å². The van der Waals surface area contributed by atoms with Crippen LogP contribution in [0.3, 0.4) is 0 Å². The number of hydrogen-bond acceptors (Lipinski definition) is 2. The number of pyridine rings is 1. The lowest BCUT2D eigenvalue weighted by atomic mass is 10.2. The molecule has 20 heavy (non-hydrogen) atoms. The van der Waals surface area contributed by atoms with E-state index in [0.29, 0.717) is 22.5 Å². The Morgan fingerprint density at radius 3 is 2.70 bits per heavy atom. The molecule has 2 heterocycles. The molecule has 0 amide bonds. The molecule has 3 rings (SSSR count). The monoisotopic (exact) mass is 325 g/mol. The Kier molecular flexibility index (Phi) is 3.83. The van der Waals surface area contributed by atoms with Crippen molar-refractivity contribution in [3.63, 3.8) is 0 Å². The molecule has 3 nitrogen and oxygen atoms in total. The second kappa shape index (κ2) is 5.60. The zero-order valence-electron chi connectivity index (χ0n) is 10.4. The van der Waals surface area contributed by atoms with Crippen molar-refractivity contribution in [3.8, 4) is 0 Å². The van der Waals surface area contributed by atoms with E-state index in [4.69, 9.17) is 34.8 Å². The summed E-state index contributed by atoms with van der Waals surface area (Å²) in [6.07, 6.45) is 1.61. The number of imidazole rings is 1. The van der Waals surface area contributed by atoms with Crippen LogP contribution in [0, 0.1) is 0 Å². The van der Waals surface area contributed by atoms with E-state index >= 15 is 0 Å². The van der Waals surface area contributed by atoms with Crippen LogP contribution in [0.2, 0.25) is 10.0 Å². The lowest BCUT2D eigenvalue weighted by Gasteiger charge is -2.07. The van der Waals surface area contributed by atoms with Crippen LogP contribution in [0.5, 0.6) is 0 Å². The fraction of sp³-hybridized carbons (Fsp3) is 0.143. The summed E-state index contributed by atoms with van der Waals surface area (Å²) in [4.78, 5) is 8.81. The second-order valence-corrected chi connectivity index (χ2v) is 5.51. The molecule has 0 aliphatic carbocycles. The molecule has 0 saturated heterocycles. The van der Waals surface area contributed by atoms with E-state index in [0.717, 1.165) is 22.6 Å². The molecule has 0 spiro atoms. The Hall–Kier alpha value is -1.29. The van der Waals surface area contributed by atoms with E-state index in [-0.39, 0.29) is 0 Å². The summed E-state index contributed by atoms with van der Waals surface area (Å²) in [6, 6.07) is 9.47. The van der Waals surface area contributed by atoms with Gasteiger partial charge < -0.3 is 4.57 Å². The first kappa shape index (κ1) is 13.7. The molecule has 0 fully saturated rings. The van der Waals surface area contributed by atoms with Gasteiger partial charge in [-0.2, -0.15) is 0 Å². The summed E-state index contributed by atoms with van der Waals surface area (Å²) < 4.78 is 1.98. The minimum atomic E-state index is 0.314. The van der Waals surface area contributed by atoms with Gasteiger partial charge in [-0.1, -0.05) is 35.3 Å². The number of nitrogens with zero attached hydrogens (tertiary/aromatic N) is 3. The van der Waals surface area contributed by atoms with Gasteiger partial charge in [-0.25, -0.2) is 9.97 Å². The third-order valence-corrected chi connectivity index (χ3v) is 3.66. The maximum absolute atomic E-state index is 6.01. The van der Waals surface area contributed by atoms with E-state index in [1.165, 1.54) is 0 Å². The Morgan fingerprint density at radius 1 is 1.10 bits per heavy atom. The van der Waals surface area contributed by atoms with Crippen molar-refractivity contribution in [3.05, 3.63) is 58.0 Å². The summed E-state index contributed by atoms with van der Waals surface area (Å²) in [7, 11) is 0. The minimum Gasteiger partial charge on any atom is -0.307 e. The molecular formula is C14H10Cl3N3. The fourth-order valence-corrected chi connectivity index (χ4v) is 2.69. The van der Waals surface area contributed by atoms with Crippen LogP contribution < -0.4 is 0 Å². The van der Waals surface area contributed by atoms with Gasteiger partial charge in [0.2, 0.25) is 0 Å². The van der Waals surface area contributed by atoms with Crippen LogP contribution in [0.1, 0.15) is 11.4 Å². The first-order valence-corrected chi connectivity index (χ1v) is 7.27. The lowest BCUT2D eigenvalue weighted by molar-refractivity contribution is 0.770. The summed E-state index contributed by atoms with van der Waals surface area (Å²) in [5, 5.41) is 1.27. The molecule has 0 radical (unpaired) electrons. The maximum atomic E-state index is 6.01. The number of aromatic nitrogens is 3. The van der Waals surface area contributed by atoms with Crippen molar-refractivity contribution in [2.24, 2.45) is 0 Å². The average Bonchev–Trinajstić information content (AvgIpc) is 2.76. The van der Waals surface area contributed by atoms with Gasteiger partial charge in [0, 0.05) is 11.2 Å². The van der Waals surface area contributed by atoms with Gasteiger partial charge in [0.15, 0.2) is 5.65 Å². The lowest BCUT2D eigenvalue weighted by Crippen LogP contribution is -2.04. The number of rotatable bonds is 3. The number of benzene rings is 1. The smallest absolute Gasteiger partial charge is 0.160 e. The maximum Gasteiger partial charge on any atom is 0.160 e. The molecule has 0 atom stereocenters. The molecule has 1 aromatic carbocycles. The molecular weight excluding hydrogens is 317 g/mol. The van der Waals surface area contributed by atoms with Crippen LogP contribution in [-0.4, -0.2) is 14.5 Å². The highest BCUT2D eigenvalue weighted by Gasteiger charge is 2.12. The molecule has 0 unspecified atom stereocenters. The standard InChI is InChI=1S/C14H10Cl3N3/c15-6-13-19-12-5-11(17)7-18-14(12)20(13)8-9-2-1-3-10(16)4-9/h1-5,7H,6,8H2. The van der Waals surface area contributed by atoms with Gasteiger partial charge in [-0.15, -0.1) is 11.6 Å². The zero-order valence-corrected chi connectivity index (χ0v) is 12.6. The van der Waals surface area contributed by atoms with Gasteiger partial charge in [-0.05, 0) is 23.8 Å². The number of halogens is 3. The largest absolute Gasteiger partial charge is 0.307 e. The summed E-state index contributed by atoms with van der Waals surface area (Å²) in [5.74, 6) is 1.07. The first-order chi connectivity index (χ1) is 9.67. The Bertz CT molecular complexity index is 767. The summed E-state index contributed by atoms with van der Waals surface area (Å²) in [6.45, 7) is 0.619. The molecule has 0 N–H and O–H groups in total. The van der Waals surface area contributed by atoms with Gasteiger partial charge in [0.25, 0.3) is 0 Å². The summed E-state index contributed by atoms with van der Waals surface area (Å²) in [5.41, 5.74) is 2.58. The van der Waals surface area contributed by atoms with Crippen molar-refractivity contribution in [2.45, 2.75) is 12.4 Å². The normalized spacial score (nSPS) is 11.2. The van der Waals surface area contributed by atoms with E-state index in [1.807, 2.05) is 28.8 Å². The van der Waals surface area contributed by atoms with Crippen molar-refractivity contribution >= 4 is 46.0 Å². The van der Waals surface area contributed by atoms with E-state index < -0.39 is 0 Å². The fourth-order valence-electron chi connectivity index (χ4n) is 2.12. The second-order valence-electron chi connectivity index (χ2n) is 4.37. The van der Waals surface area contributed by atoms with E-state index in [1.54, 1.807) is 12.3 Å². The van der Waals surface area contributed by atoms with Gasteiger partial charge in [-0.3, -0.25) is 0 Å². The van der Waals surface area contributed by atoms with Crippen molar-refractivity contribution in [1.82, 2.24) is 14.5 Å². The third kappa shape index (κ3) is 2.62. The van der Waals surface area contributed by atoms with Crippen LogP contribution in [0.25, 0.3) is 11.2 Å². The van der Waals surface area contributed by atoms with Gasteiger partial charge in [0.05, 0.1) is 17.4 Å². The van der Waals surface area contributed by atoms with Crippen molar-refractivity contribution in [1.29, 1.82) is 0 Å². The van der Waals surface area contributed by atoms with Crippen LogP contribution >= 0.6 is 34.8 Å². The highest BCUT2D eigenvalue weighted by molar-refractivity contribution is 6.31. The minimum absolute atomic E-state index is 0.314. The highest BCUT2D eigenvalue weighted by Crippen LogP contribution is 2.21. The Balaban J connectivity index is 2.10. The van der Waals surface area contributed by atoms with Crippen LogP contribution in [0.4, 0.5) is 0 Å². The topological polar surface area (TPSA) is 30.7 Å². The predicted molar refractivity (Wildman–Crippen MR) is 82.6 cm³/mol. The molecule has 2 aromatic heterocycles. The van der Waals surface area contributed by atoms with Crippen LogP contribution in [0.15, 0.2) is 36.5 Å². The van der Waals surface area contributed by atoms with E-state index in [2.05, 4.69) is 9.97 Å². The molecule has 0 saturated carbocycles. The molecule has 6 heteroatoms. The number of fused-ring (bicyclic) bond motifs is 1. The zero-order chi connectivity index (χ0) is 14.1. The molecule has 0 aliphatic heterocycles. The Morgan fingerprint density at radius 2 is 1.95 bits per heavy atom. The van der Waals surface area contributed by atoms with Crippen molar-refractivity contribution < 1.29 is 0 Å². The average molecular weight is 327 g/mol. The SMILES string of the molecule is ClCc1nc2cc(Cl)cnc2n1Cc1cccc(Cl)c1. The first-order valence-electron chi connectivity index (χ1n) is 5.98. The Labute approximate surface area is 131 Å². The molecule has 102 valence electrons. The van der Waals surface area contributed by atoms with Gasteiger partial charge in [0.1, 0.15) is 11.3 Å². The quantitative estimate of drug-likeness (QED) is 0.662.